The Balaban J connectivity index is 2.27. The first-order valence-corrected chi connectivity index (χ1v) is 6.73. The van der Waals surface area contributed by atoms with E-state index in [4.69, 9.17) is 0 Å². The van der Waals surface area contributed by atoms with Crippen molar-refractivity contribution in [3.63, 3.8) is 0 Å². The molecule has 2 aromatic rings. The highest BCUT2D eigenvalue weighted by atomic mass is 32.2. The van der Waals surface area contributed by atoms with Crippen LogP contribution >= 0.6 is 11.8 Å². The Labute approximate surface area is 110 Å². The summed E-state index contributed by atoms with van der Waals surface area (Å²) >= 11 is 1.71. The number of carbonyl (C=O) groups excluding carboxylic acids is 1. The smallest absolute Gasteiger partial charge is 0.195 e. The SMILES string of the molecule is CCSc1ccc(C(=O)c2ccccc2F)cc1. The van der Waals surface area contributed by atoms with Gasteiger partial charge >= 0.3 is 0 Å². The van der Waals surface area contributed by atoms with Gasteiger partial charge in [-0.2, -0.15) is 0 Å². The molecule has 2 aromatic carbocycles. The lowest BCUT2D eigenvalue weighted by atomic mass is 10.0. The van der Waals surface area contributed by atoms with Crippen LogP contribution in [0.1, 0.15) is 22.8 Å². The van der Waals surface area contributed by atoms with E-state index in [1.807, 2.05) is 12.1 Å². The third-order valence-electron chi connectivity index (χ3n) is 2.55. The predicted molar refractivity (Wildman–Crippen MR) is 72.7 cm³/mol. The van der Waals surface area contributed by atoms with E-state index in [1.165, 1.54) is 12.1 Å². The molecule has 3 heteroatoms. The Bertz CT molecular complexity index is 549. The van der Waals surface area contributed by atoms with E-state index < -0.39 is 5.82 Å². The van der Waals surface area contributed by atoms with Gasteiger partial charge in [-0.05, 0) is 42.2 Å². The molecule has 0 saturated heterocycles. The van der Waals surface area contributed by atoms with Crippen molar-refractivity contribution in [3.8, 4) is 0 Å². The third-order valence-corrected chi connectivity index (χ3v) is 3.44. The van der Waals surface area contributed by atoms with Crippen LogP contribution in [0.4, 0.5) is 4.39 Å². The van der Waals surface area contributed by atoms with Crippen LogP contribution < -0.4 is 0 Å². The summed E-state index contributed by atoms with van der Waals surface area (Å²) in [6.07, 6.45) is 0. The summed E-state index contributed by atoms with van der Waals surface area (Å²) in [4.78, 5) is 13.2. The molecular formula is C15H13FOS. The summed E-state index contributed by atoms with van der Waals surface area (Å²) in [7, 11) is 0. The zero-order valence-corrected chi connectivity index (χ0v) is 10.8. The summed E-state index contributed by atoms with van der Waals surface area (Å²) in [6, 6.07) is 13.3. The Morgan fingerprint density at radius 2 is 1.78 bits per heavy atom. The van der Waals surface area contributed by atoms with E-state index >= 15 is 0 Å². The summed E-state index contributed by atoms with van der Waals surface area (Å²) in [6.45, 7) is 2.07. The number of benzene rings is 2. The van der Waals surface area contributed by atoms with Crippen molar-refractivity contribution in [1.29, 1.82) is 0 Å². The van der Waals surface area contributed by atoms with Gasteiger partial charge in [0.2, 0.25) is 0 Å². The van der Waals surface area contributed by atoms with E-state index in [1.54, 1.807) is 36.0 Å². The van der Waals surface area contributed by atoms with Crippen LogP contribution in [0, 0.1) is 5.82 Å². The fourth-order valence-electron chi connectivity index (χ4n) is 1.67. The number of thioether (sulfide) groups is 1. The van der Waals surface area contributed by atoms with E-state index in [0.29, 0.717) is 5.56 Å². The molecule has 0 aliphatic rings. The standard InChI is InChI=1S/C15H13FOS/c1-2-18-12-9-7-11(8-10-12)15(17)13-5-3-4-6-14(13)16/h3-10H,2H2,1H3. The van der Waals surface area contributed by atoms with Crippen molar-refractivity contribution < 1.29 is 9.18 Å². The molecule has 0 fully saturated rings. The van der Waals surface area contributed by atoms with Gasteiger partial charge in [0.05, 0.1) is 5.56 Å². The molecule has 2 rings (SSSR count). The van der Waals surface area contributed by atoms with Gasteiger partial charge in [-0.15, -0.1) is 11.8 Å². The van der Waals surface area contributed by atoms with Crippen LogP contribution in [-0.2, 0) is 0 Å². The van der Waals surface area contributed by atoms with Crippen molar-refractivity contribution in [2.24, 2.45) is 0 Å². The van der Waals surface area contributed by atoms with E-state index in [2.05, 4.69) is 6.92 Å². The number of hydrogen-bond donors (Lipinski definition) is 0. The first-order chi connectivity index (χ1) is 8.72. The van der Waals surface area contributed by atoms with Crippen molar-refractivity contribution in [2.45, 2.75) is 11.8 Å². The lowest BCUT2D eigenvalue weighted by molar-refractivity contribution is 0.103. The highest BCUT2D eigenvalue weighted by Gasteiger charge is 2.12. The van der Waals surface area contributed by atoms with Crippen LogP contribution in [0.3, 0.4) is 0 Å². The minimum atomic E-state index is -0.477. The van der Waals surface area contributed by atoms with Gasteiger partial charge in [0.25, 0.3) is 0 Å². The molecule has 0 aromatic heterocycles. The quantitative estimate of drug-likeness (QED) is 0.606. The minimum absolute atomic E-state index is 0.119. The largest absolute Gasteiger partial charge is 0.288 e. The molecule has 1 nitrogen and oxygen atoms in total. The molecule has 18 heavy (non-hydrogen) atoms. The summed E-state index contributed by atoms with van der Waals surface area (Å²) in [5, 5.41) is 0. The molecule has 0 N–H and O–H groups in total. The Kier molecular flexibility index (Phi) is 4.15. The average Bonchev–Trinajstić information content (AvgIpc) is 2.40. The Morgan fingerprint density at radius 1 is 1.11 bits per heavy atom. The zero-order valence-electron chi connectivity index (χ0n) is 10.0. The number of hydrogen-bond acceptors (Lipinski definition) is 2. The van der Waals surface area contributed by atoms with Crippen molar-refractivity contribution >= 4 is 17.5 Å². The molecular weight excluding hydrogens is 247 g/mol. The Hall–Kier alpha value is -1.61. The normalized spacial score (nSPS) is 10.3. The molecule has 0 saturated carbocycles. The van der Waals surface area contributed by atoms with E-state index in [9.17, 15) is 9.18 Å². The summed E-state index contributed by atoms with van der Waals surface area (Å²) in [5.41, 5.74) is 0.633. The van der Waals surface area contributed by atoms with Crippen molar-refractivity contribution in [2.75, 3.05) is 5.75 Å². The maximum atomic E-state index is 13.5. The molecule has 0 aliphatic carbocycles. The van der Waals surface area contributed by atoms with Gasteiger partial charge < -0.3 is 0 Å². The molecule has 0 amide bonds. The summed E-state index contributed by atoms with van der Waals surface area (Å²) < 4.78 is 13.5. The zero-order chi connectivity index (χ0) is 13.0. The van der Waals surface area contributed by atoms with Gasteiger partial charge in [-0.25, -0.2) is 4.39 Å². The Morgan fingerprint density at radius 3 is 2.39 bits per heavy atom. The lowest BCUT2D eigenvalue weighted by Crippen LogP contribution is -2.03. The van der Waals surface area contributed by atoms with Crippen LogP contribution in [0.5, 0.6) is 0 Å². The molecule has 0 atom stereocenters. The van der Waals surface area contributed by atoms with E-state index in [0.717, 1.165) is 10.6 Å². The molecule has 0 heterocycles. The van der Waals surface area contributed by atoms with Gasteiger partial charge in [0.15, 0.2) is 5.78 Å². The molecule has 0 radical (unpaired) electrons. The van der Waals surface area contributed by atoms with Crippen LogP contribution in [-0.4, -0.2) is 11.5 Å². The van der Waals surface area contributed by atoms with E-state index in [-0.39, 0.29) is 11.3 Å². The monoisotopic (exact) mass is 260 g/mol. The molecule has 0 bridgehead atoms. The van der Waals surface area contributed by atoms with Gasteiger partial charge in [0, 0.05) is 10.5 Å². The maximum absolute atomic E-state index is 13.5. The van der Waals surface area contributed by atoms with Gasteiger partial charge in [-0.3, -0.25) is 4.79 Å². The molecule has 92 valence electrons. The second-order valence-corrected chi connectivity index (χ2v) is 5.10. The van der Waals surface area contributed by atoms with Gasteiger partial charge in [-0.1, -0.05) is 19.1 Å². The number of carbonyl (C=O) groups is 1. The first kappa shape index (κ1) is 12.8. The fourth-order valence-corrected chi connectivity index (χ4v) is 2.33. The number of rotatable bonds is 4. The fraction of sp³-hybridized carbons (Fsp3) is 0.133. The van der Waals surface area contributed by atoms with Crippen LogP contribution in [0.25, 0.3) is 0 Å². The third kappa shape index (κ3) is 2.79. The molecule has 0 unspecified atom stereocenters. The lowest BCUT2D eigenvalue weighted by Gasteiger charge is -2.04. The molecule has 0 spiro atoms. The predicted octanol–water partition coefficient (Wildman–Crippen LogP) is 4.17. The number of halogens is 1. The second-order valence-electron chi connectivity index (χ2n) is 3.77. The minimum Gasteiger partial charge on any atom is -0.288 e. The summed E-state index contributed by atoms with van der Waals surface area (Å²) in [5.74, 6) is 0.233. The second kappa shape index (κ2) is 5.83. The van der Waals surface area contributed by atoms with Crippen LogP contribution in [0.15, 0.2) is 53.4 Å². The van der Waals surface area contributed by atoms with Gasteiger partial charge in [0.1, 0.15) is 5.82 Å². The first-order valence-electron chi connectivity index (χ1n) is 5.74. The molecule has 0 aliphatic heterocycles. The van der Waals surface area contributed by atoms with Crippen LogP contribution in [0.2, 0.25) is 0 Å². The topological polar surface area (TPSA) is 17.1 Å². The van der Waals surface area contributed by atoms with Crippen molar-refractivity contribution in [3.05, 3.63) is 65.5 Å². The highest BCUT2D eigenvalue weighted by Crippen LogP contribution is 2.20. The highest BCUT2D eigenvalue weighted by molar-refractivity contribution is 7.99. The average molecular weight is 260 g/mol. The maximum Gasteiger partial charge on any atom is 0.195 e. The number of ketones is 1. The van der Waals surface area contributed by atoms with Crippen molar-refractivity contribution in [1.82, 2.24) is 0 Å².